The highest BCUT2D eigenvalue weighted by molar-refractivity contribution is 5.25. The molecule has 1 nitrogen and oxygen atoms in total. The molecule has 0 amide bonds. The van der Waals surface area contributed by atoms with Crippen LogP contribution in [0.1, 0.15) is 51.7 Å². The van der Waals surface area contributed by atoms with Gasteiger partial charge in [-0.1, -0.05) is 58.9 Å². The smallest absolute Gasteiger partial charge is 0.00173 e. The zero-order valence-corrected chi connectivity index (χ0v) is 12.7. The number of hydrogen-bond acceptors (Lipinski definition) is 1. The van der Waals surface area contributed by atoms with E-state index >= 15 is 0 Å². The molecule has 1 rings (SSSR count). The van der Waals surface area contributed by atoms with Crippen LogP contribution in [-0.2, 0) is 6.42 Å². The first-order valence-corrected chi connectivity index (χ1v) is 7.34. The molecule has 0 aliphatic carbocycles. The summed E-state index contributed by atoms with van der Waals surface area (Å²) in [4.78, 5) is 0. The molecule has 102 valence electrons. The molecule has 2 unspecified atom stereocenters. The largest absolute Gasteiger partial charge is 0.316 e. The molecule has 0 radical (unpaired) electrons. The van der Waals surface area contributed by atoms with Crippen molar-refractivity contribution < 1.29 is 0 Å². The Hall–Kier alpha value is -0.820. The van der Waals surface area contributed by atoms with Crippen LogP contribution in [0, 0.1) is 11.8 Å². The summed E-state index contributed by atoms with van der Waals surface area (Å²) < 4.78 is 0. The summed E-state index contributed by atoms with van der Waals surface area (Å²) in [6.45, 7) is 13.6. The first kappa shape index (κ1) is 15.2. The van der Waals surface area contributed by atoms with E-state index < -0.39 is 0 Å². The third-order valence-electron chi connectivity index (χ3n) is 3.79. The Balaban J connectivity index is 2.48. The van der Waals surface area contributed by atoms with Crippen LogP contribution in [0.25, 0.3) is 0 Å². The first-order valence-electron chi connectivity index (χ1n) is 7.34. The lowest BCUT2D eigenvalue weighted by atomic mass is 9.88. The second-order valence-electron chi connectivity index (χ2n) is 5.91. The minimum absolute atomic E-state index is 0.621. The summed E-state index contributed by atoms with van der Waals surface area (Å²) in [7, 11) is 0. The molecule has 0 aliphatic heterocycles. The van der Waals surface area contributed by atoms with Crippen molar-refractivity contribution in [2.45, 2.75) is 47.0 Å². The van der Waals surface area contributed by atoms with Crippen molar-refractivity contribution in [2.24, 2.45) is 11.8 Å². The van der Waals surface area contributed by atoms with Crippen molar-refractivity contribution in [2.75, 3.05) is 13.1 Å². The second-order valence-corrected chi connectivity index (χ2v) is 5.91. The molecule has 0 spiro atoms. The minimum atomic E-state index is 0.621. The van der Waals surface area contributed by atoms with Crippen LogP contribution in [0.5, 0.6) is 0 Å². The van der Waals surface area contributed by atoms with Gasteiger partial charge in [-0.05, 0) is 48.4 Å². The molecular weight excluding hydrogens is 218 g/mol. The molecule has 1 heteroatoms. The molecule has 0 aromatic heterocycles. The number of nitrogens with one attached hydrogen (secondary N) is 1. The first-order chi connectivity index (χ1) is 8.54. The van der Waals surface area contributed by atoms with Gasteiger partial charge in [-0.3, -0.25) is 0 Å². The molecule has 0 saturated heterocycles. The molecular formula is C17H29N. The lowest BCUT2D eigenvalue weighted by Crippen LogP contribution is -2.27. The quantitative estimate of drug-likeness (QED) is 0.760. The normalized spacial score (nSPS) is 14.8. The summed E-state index contributed by atoms with van der Waals surface area (Å²) in [5, 5.41) is 3.56. The molecule has 0 heterocycles. The van der Waals surface area contributed by atoms with E-state index in [1.807, 2.05) is 0 Å². The van der Waals surface area contributed by atoms with Gasteiger partial charge in [-0.15, -0.1) is 0 Å². The van der Waals surface area contributed by atoms with Gasteiger partial charge in [0.15, 0.2) is 0 Å². The summed E-state index contributed by atoms with van der Waals surface area (Å²) in [6.07, 6.45) is 1.13. The second kappa shape index (κ2) is 7.58. The van der Waals surface area contributed by atoms with Gasteiger partial charge in [0.2, 0.25) is 0 Å². The third-order valence-corrected chi connectivity index (χ3v) is 3.79. The van der Waals surface area contributed by atoms with E-state index in [1.54, 1.807) is 0 Å². The highest BCUT2D eigenvalue weighted by atomic mass is 14.9. The fourth-order valence-corrected chi connectivity index (χ4v) is 2.16. The maximum Gasteiger partial charge on any atom is -0.00173 e. The number of hydrogen-bond donors (Lipinski definition) is 1. The van der Waals surface area contributed by atoms with Gasteiger partial charge in [0, 0.05) is 0 Å². The maximum absolute atomic E-state index is 3.56. The fraction of sp³-hybridized carbons (Fsp3) is 0.647. The highest BCUT2D eigenvalue weighted by Gasteiger charge is 2.13. The average molecular weight is 247 g/mol. The van der Waals surface area contributed by atoms with Crippen LogP contribution in [0.4, 0.5) is 0 Å². The van der Waals surface area contributed by atoms with Gasteiger partial charge in [0.05, 0.1) is 0 Å². The lowest BCUT2D eigenvalue weighted by Gasteiger charge is -2.21. The Labute approximate surface area is 113 Å². The topological polar surface area (TPSA) is 12.0 Å². The number of benzene rings is 1. The molecule has 1 aromatic carbocycles. The molecule has 1 aromatic rings. The monoisotopic (exact) mass is 247 g/mol. The van der Waals surface area contributed by atoms with Crippen molar-refractivity contribution in [3.8, 4) is 0 Å². The van der Waals surface area contributed by atoms with Crippen molar-refractivity contribution in [3.05, 3.63) is 35.4 Å². The summed E-state index contributed by atoms with van der Waals surface area (Å²) >= 11 is 0. The fourth-order valence-electron chi connectivity index (χ4n) is 2.16. The van der Waals surface area contributed by atoms with Crippen LogP contribution in [-0.4, -0.2) is 13.1 Å². The zero-order chi connectivity index (χ0) is 13.5. The molecule has 0 bridgehead atoms. The van der Waals surface area contributed by atoms with Gasteiger partial charge < -0.3 is 5.32 Å². The van der Waals surface area contributed by atoms with Crippen LogP contribution < -0.4 is 5.32 Å². The van der Waals surface area contributed by atoms with Crippen LogP contribution in [0.2, 0.25) is 0 Å². The Morgan fingerprint density at radius 3 is 2.06 bits per heavy atom. The molecule has 0 saturated carbocycles. The maximum atomic E-state index is 3.56. The van der Waals surface area contributed by atoms with E-state index in [4.69, 9.17) is 0 Å². The predicted molar refractivity (Wildman–Crippen MR) is 81.1 cm³/mol. The van der Waals surface area contributed by atoms with E-state index in [0.29, 0.717) is 11.8 Å². The molecule has 18 heavy (non-hydrogen) atoms. The minimum Gasteiger partial charge on any atom is -0.316 e. The summed E-state index contributed by atoms with van der Waals surface area (Å²) in [5.41, 5.74) is 2.89. The summed E-state index contributed by atoms with van der Waals surface area (Å²) in [5.74, 6) is 2.03. The van der Waals surface area contributed by atoms with Crippen LogP contribution in [0.15, 0.2) is 24.3 Å². The van der Waals surface area contributed by atoms with Gasteiger partial charge in [-0.2, -0.15) is 0 Å². The van der Waals surface area contributed by atoms with E-state index in [1.165, 1.54) is 11.1 Å². The number of aryl methyl sites for hydroxylation is 1. The predicted octanol–water partition coefficient (Wildman–Crippen LogP) is 4.23. The average Bonchev–Trinajstić information content (AvgIpc) is 2.37. The van der Waals surface area contributed by atoms with Crippen molar-refractivity contribution in [3.63, 3.8) is 0 Å². The Bertz CT molecular complexity index is 326. The van der Waals surface area contributed by atoms with E-state index in [9.17, 15) is 0 Å². The van der Waals surface area contributed by atoms with Crippen molar-refractivity contribution >= 4 is 0 Å². The highest BCUT2D eigenvalue weighted by Crippen LogP contribution is 2.24. The molecule has 2 atom stereocenters. The van der Waals surface area contributed by atoms with Crippen molar-refractivity contribution in [1.29, 1.82) is 0 Å². The zero-order valence-electron chi connectivity index (χ0n) is 12.7. The molecule has 1 N–H and O–H groups in total. The van der Waals surface area contributed by atoms with Crippen molar-refractivity contribution in [1.82, 2.24) is 5.32 Å². The SMILES string of the molecule is CCc1ccc(C(C)C(C)CNCC(C)C)cc1. The molecule has 0 fully saturated rings. The van der Waals surface area contributed by atoms with Gasteiger partial charge in [0.25, 0.3) is 0 Å². The number of rotatable bonds is 7. The molecule has 0 aliphatic rings. The Morgan fingerprint density at radius 2 is 1.56 bits per heavy atom. The Morgan fingerprint density at radius 1 is 0.944 bits per heavy atom. The van der Waals surface area contributed by atoms with E-state index in [2.05, 4.69) is 64.2 Å². The van der Waals surface area contributed by atoms with Gasteiger partial charge in [-0.25, -0.2) is 0 Å². The summed E-state index contributed by atoms with van der Waals surface area (Å²) in [6, 6.07) is 9.12. The van der Waals surface area contributed by atoms with Gasteiger partial charge >= 0.3 is 0 Å². The lowest BCUT2D eigenvalue weighted by molar-refractivity contribution is 0.428. The van der Waals surface area contributed by atoms with Crippen LogP contribution >= 0.6 is 0 Å². The standard InChI is InChI=1S/C17H29N/c1-6-16-7-9-17(10-8-16)15(5)14(4)12-18-11-13(2)3/h7-10,13-15,18H,6,11-12H2,1-5H3. The van der Waals surface area contributed by atoms with Crippen LogP contribution in [0.3, 0.4) is 0 Å². The van der Waals surface area contributed by atoms with E-state index in [-0.39, 0.29) is 0 Å². The Kier molecular flexibility index (Phi) is 6.42. The van der Waals surface area contributed by atoms with E-state index in [0.717, 1.165) is 25.4 Å². The third kappa shape index (κ3) is 4.81. The van der Waals surface area contributed by atoms with Gasteiger partial charge in [0.1, 0.15) is 0 Å².